The highest BCUT2D eigenvalue weighted by Crippen LogP contribution is 2.26. The summed E-state index contributed by atoms with van der Waals surface area (Å²) >= 11 is 0. The zero-order valence-electron chi connectivity index (χ0n) is 13.2. The molecule has 3 aromatic rings. The number of ether oxygens (including phenoxy) is 1. The summed E-state index contributed by atoms with van der Waals surface area (Å²) in [5.41, 5.74) is 3.74. The summed E-state index contributed by atoms with van der Waals surface area (Å²) in [4.78, 5) is 11.4. The number of hydrogen-bond acceptors (Lipinski definition) is 3. The first-order chi connectivity index (χ1) is 11.4. The van der Waals surface area contributed by atoms with Crippen LogP contribution < -0.4 is 4.74 Å². The van der Waals surface area contributed by atoms with Gasteiger partial charge in [-0.25, -0.2) is 13.8 Å². The van der Waals surface area contributed by atoms with Crippen molar-refractivity contribution in [3.05, 3.63) is 48.3 Å². The van der Waals surface area contributed by atoms with E-state index >= 15 is 0 Å². The maximum Gasteiger partial charge on any atom is 0.278 e. The Balaban J connectivity index is 1.80. The van der Waals surface area contributed by atoms with Crippen LogP contribution in [0.4, 0.5) is 8.78 Å². The molecule has 0 radical (unpaired) electrons. The summed E-state index contributed by atoms with van der Waals surface area (Å²) in [6.45, 7) is 4.10. The van der Waals surface area contributed by atoms with Gasteiger partial charge in [0.1, 0.15) is 11.6 Å². The predicted molar refractivity (Wildman–Crippen MR) is 90.9 cm³/mol. The SMILES string of the molecule is C=NCc1nc2ccc(-c3ccc(OCC(C)(F)F)cc3)cc2[nH]1. The van der Waals surface area contributed by atoms with Crippen molar-refractivity contribution in [3.8, 4) is 16.9 Å². The molecular weight excluding hydrogens is 312 g/mol. The zero-order chi connectivity index (χ0) is 17.2. The first-order valence-electron chi connectivity index (χ1n) is 7.47. The lowest BCUT2D eigenvalue weighted by atomic mass is 10.1. The summed E-state index contributed by atoms with van der Waals surface area (Å²) in [5.74, 6) is -1.66. The molecule has 2 aromatic carbocycles. The molecule has 1 heterocycles. The Morgan fingerprint density at radius 3 is 2.54 bits per heavy atom. The number of fused-ring (bicyclic) bond motifs is 1. The molecule has 4 nitrogen and oxygen atoms in total. The van der Waals surface area contributed by atoms with Crippen molar-refractivity contribution in [2.24, 2.45) is 4.99 Å². The Labute approximate surface area is 138 Å². The number of nitrogens with one attached hydrogen (secondary N) is 1. The van der Waals surface area contributed by atoms with Gasteiger partial charge >= 0.3 is 0 Å². The molecule has 124 valence electrons. The van der Waals surface area contributed by atoms with E-state index in [9.17, 15) is 8.78 Å². The van der Waals surface area contributed by atoms with E-state index in [0.29, 0.717) is 12.3 Å². The maximum absolute atomic E-state index is 12.8. The summed E-state index contributed by atoms with van der Waals surface area (Å²) in [7, 11) is 0. The Hall–Kier alpha value is -2.76. The zero-order valence-corrected chi connectivity index (χ0v) is 13.2. The number of aromatic amines is 1. The van der Waals surface area contributed by atoms with Crippen LogP contribution in [-0.2, 0) is 6.54 Å². The third-order valence-corrected chi connectivity index (χ3v) is 3.47. The molecule has 0 fully saturated rings. The summed E-state index contributed by atoms with van der Waals surface area (Å²) in [6.07, 6.45) is 0. The van der Waals surface area contributed by atoms with Crippen LogP contribution in [0.15, 0.2) is 47.5 Å². The van der Waals surface area contributed by atoms with Crippen LogP contribution in [0.5, 0.6) is 5.75 Å². The van der Waals surface area contributed by atoms with Crippen molar-refractivity contribution in [3.63, 3.8) is 0 Å². The van der Waals surface area contributed by atoms with Gasteiger partial charge < -0.3 is 9.72 Å². The Morgan fingerprint density at radius 2 is 1.88 bits per heavy atom. The van der Waals surface area contributed by atoms with Gasteiger partial charge in [-0.2, -0.15) is 0 Å². The number of rotatable bonds is 6. The molecular formula is C18H17F2N3O. The second kappa shape index (κ2) is 6.39. The Bertz CT molecular complexity index is 851. The molecule has 6 heteroatoms. The molecule has 0 spiro atoms. The molecule has 0 atom stereocenters. The van der Waals surface area contributed by atoms with E-state index in [1.807, 2.05) is 30.3 Å². The van der Waals surface area contributed by atoms with Gasteiger partial charge in [-0.1, -0.05) is 18.2 Å². The average Bonchev–Trinajstić information content (AvgIpc) is 2.94. The van der Waals surface area contributed by atoms with E-state index in [-0.39, 0.29) is 0 Å². The van der Waals surface area contributed by atoms with E-state index in [2.05, 4.69) is 21.7 Å². The molecule has 0 unspecified atom stereocenters. The summed E-state index contributed by atoms with van der Waals surface area (Å²) < 4.78 is 30.7. The van der Waals surface area contributed by atoms with Crippen LogP contribution in [0.25, 0.3) is 22.2 Å². The van der Waals surface area contributed by atoms with Gasteiger partial charge in [0.15, 0.2) is 6.61 Å². The second-order valence-electron chi connectivity index (χ2n) is 5.68. The minimum absolute atomic E-state index is 0.419. The third kappa shape index (κ3) is 3.76. The lowest BCUT2D eigenvalue weighted by molar-refractivity contribution is -0.0229. The van der Waals surface area contributed by atoms with Crippen LogP contribution in [0.3, 0.4) is 0 Å². The molecule has 0 aliphatic heterocycles. The molecule has 24 heavy (non-hydrogen) atoms. The van der Waals surface area contributed by atoms with E-state index < -0.39 is 12.5 Å². The molecule has 0 amide bonds. The van der Waals surface area contributed by atoms with Crippen molar-refractivity contribution >= 4 is 17.8 Å². The number of H-pyrrole nitrogens is 1. The molecule has 0 saturated heterocycles. The summed E-state index contributed by atoms with van der Waals surface area (Å²) in [5, 5.41) is 0. The van der Waals surface area contributed by atoms with Gasteiger partial charge in [0.2, 0.25) is 0 Å². The second-order valence-corrected chi connectivity index (χ2v) is 5.68. The number of halogens is 2. The lowest BCUT2D eigenvalue weighted by Gasteiger charge is -2.12. The van der Waals surface area contributed by atoms with Crippen LogP contribution in [-0.4, -0.2) is 29.2 Å². The van der Waals surface area contributed by atoms with E-state index in [0.717, 1.165) is 34.9 Å². The van der Waals surface area contributed by atoms with E-state index in [1.165, 1.54) is 0 Å². The number of nitrogens with zero attached hydrogens (tertiary/aromatic N) is 2. The summed E-state index contributed by atoms with van der Waals surface area (Å²) in [6, 6.07) is 12.9. The number of hydrogen-bond donors (Lipinski definition) is 1. The smallest absolute Gasteiger partial charge is 0.278 e. The normalized spacial score (nSPS) is 11.6. The minimum Gasteiger partial charge on any atom is -0.487 e. The van der Waals surface area contributed by atoms with Crippen molar-refractivity contribution in [2.45, 2.75) is 19.4 Å². The molecule has 1 aromatic heterocycles. The fourth-order valence-corrected chi connectivity index (χ4v) is 2.38. The number of imidazole rings is 1. The largest absolute Gasteiger partial charge is 0.487 e. The monoisotopic (exact) mass is 329 g/mol. The number of benzene rings is 2. The first-order valence-corrected chi connectivity index (χ1v) is 7.47. The molecule has 1 N–H and O–H groups in total. The maximum atomic E-state index is 12.8. The van der Waals surface area contributed by atoms with E-state index in [1.54, 1.807) is 12.1 Å². The highest BCUT2D eigenvalue weighted by Gasteiger charge is 2.21. The van der Waals surface area contributed by atoms with Crippen molar-refractivity contribution in [2.75, 3.05) is 6.61 Å². The molecule has 0 bridgehead atoms. The highest BCUT2D eigenvalue weighted by molar-refractivity contribution is 5.82. The van der Waals surface area contributed by atoms with Crippen LogP contribution in [0.1, 0.15) is 12.7 Å². The standard InChI is InChI=1S/C18H17F2N3O/c1-18(19,20)11-24-14-6-3-12(4-7-14)13-5-8-15-16(9-13)23-17(22-15)10-21-2/h3-9H,2,10-11H2,1H3,(H,22,23). The molecule has 3 rings (SSSR count). The van der Waals surface area contributed by atoms with Crippen LogP contribution >= 0.6 is 0 Å². The van der Waals surface area contributed by atoms with Gasteiger partial charge in [-0.05, 0) is 42.1 Å². The highest BCUT2D eigenvalue weighted by atomic mass is 19.3. The van der Waals surface area contributed by atoms with Gasteiger partial charge in [0, 0.05) is 6.92 Å². The Kier molecular flexibility index (Phi) is 4.29. The van der Waals surface area contributed by atoms with Gasteiger partial charge in [-0.3, -0.25) is 4.99 Å². The topological polar surface area (TPSA) is 50.3 Å². The fourth-order valence-electron chi connectivity index (χ4n) is 2.38. The number of aliphatic imine (C=N–C) groups is 1. The minimum atomic E-state index is -2.84. The van der Waals surface area contributed by atoms with Gasteiger partial charge in [-0.15, -0.1) is 0 Å². The fraction of sp³-hybridized carbons (Fsp3) is 0.222. The quantitative estimate of drug-likeness (QED) is 0.679. The number of aromatic nitrogens is 2. The predicted octanol–water partition coefficient (Wildman–Crippen LogP) is 4.46. The van der Waals surface area contributed by atoms with Crippen molar-refractivity contribution in [1.29, 1.82) is 0 Å². The van der Waals surface area contributed by atoms with E-state index in [4.69, 9.17) is 4.74 Å². The van der Waals surface area contributed by atoms with Crippen LogP contribution in [0.2, 0.25) is 0 Å². The van der Waals surface area contributed by atoms with Gasteiger partial charge in [0.05, 0.1) is 17.6 Å². The van der Waals surface area contributed by atoms with Gasteiger partial charge in [0.25, 0.3) is 5.92 Å². The molecule has 0 saturated carbocycles. The third-order valence-electron chi connectivity index (χ3n) is 3.47. The van der Waals surface area contributed by atoms with Crippen molar-refractivity contribution in [1.82, 2.24) is 9.97 Å². The molecule has 0 aliphatic carbocycles. The Morgan fingerprint density at radius 1 is 1.17 bits per heavy atom. The van der Waals surface area contributed by atoms with Crippen LogP contribution in [0, 0.1) is 0 Å². The number of alkyl halides is 2. The molecule has 0 aliphatic rings. The first kappa shape index (κ1) is 16.1. The lowest BCUT2D eigenvalue weighted by Crippen LogP contribution is -2.20. The van der Waals surface area contributed by atoms with Crippen molar-refractivity contribution < 1.29 is 13.5 Å². The average molecular weight is 329 g/mol.